The third-order valence-corrected chi connectivity index (χ3v) is 3.75. The number of hydrogen-bond acceptors (Lipinski definition) is 2. The molecule has 3 aromatic carbocycles. The lowest BCUT2D eigenvalue weighted by atomic mass is 10.0. The van der Waals surface area contributed by atoms with Crippen LogP contribution in [-0.2, 0) is 6.42 Å². The second-order valence-corrected chi connectivity index (χ2v) is 5.44. The molecule has 0 fully saturated rings. The van der Waals surface area contributed by atoms with Crippen LogP contribution in [0.3, 0.4) is 0 Å². The summed E-state index contributed by atoms with van der Waals surface area (Å²) in [5.74, 6) is 0.767. The summed E-state index contributed by atoms with van der Waals surface area (Å²) in [6.07, 6.45) is 0.721. The maximum atomic E-state index is 5.80. The van der Waals surface area contributed by atoms with Crippen molar-refractivity contribution in [2.75, 3.05) is 0 Å². The summed E-state index contributed by atoms with van der Waals surface area (Å²) < 4.78 is 5.80. The van der Waals surface area contributed by atoms with E-state index in [9.17, 15) is 0 Å². The smallest absolute Gasteiger partial charge is 0.199 e. The van der Waals surface area contributed by atoms with Crippen molar-refractivity contribution in [1.29, 1.82) is 0 Å². The van der Waals surface area contributed by atoms with Crippen LogP contribution in [-0.4, -0.2) is 4.98 Å². The van der Waals surface area contributed by atoms with E-state index in [0.29, 0.717) is 0 Å². The number of benzene rings is 3. The predicted octanol–water partition coefficient (Wildman–Crippen LogP) is 4.88. The largest absolute Gasteiger partial charge is 0.440 e. The number of para-hydroxylation sites is 2. The van der Waals surface area contributed by atoms with Gasteiger partial charge in [0.1, 0.15) is 5.52 Å². The molecule has 2 nitrogen and oxygen atoms in total. The van der Waals surface area contributed by atoms with Gasteiger partial charge in [0.2, 0.25) is 0 Å². The van der Waals surface area contributed by atoms with E-state index >= 15 is 0 Å². The summed E-state index contributed by atoms with van der Waals surface area (Å²) in [7, 11) is 0. The Hall–Kier alpha value is -2.61. The Morgan fingerprint density at radius 2 is 1.76 bits per heavy atom. The zero-order valence-electron chi connectivity index (χ0n) is 11.8. The zero-order valence-corrected chi connectivity index (χ0v) is 11.8. The van der Waals surface area contributed by atoms with Gasteiger partial charge in [-0.3, -0.25) is 0 Å². The molecule has 4 aromatic rings. The number of aromatic nitrogens is 1. The standard InChI is InChI=1S/C19H15NO/c1-13-6-8-15-9-7-14(11-16(15)10-13)12-19-20-17-4-2-3-5-18(17)21-19/h2-11H,12H2,1H3. The Kier molecular flexibility index (Phi) is 2.74. The Labute approximate surface area is 123 Å². The fourth-order valence-electron chi connectivity index (χ4n) is 2.70. The van der Waals surface area contributed by atoms with Crippen LogP contribution < -0.4 is 0 Å². The van der Waals surface area contributed by atoms with E-state index in [0.717, 1.165) is 23.4 Å². The van der Waals surface area contributed by atoms with Crippen molar-refractivity contribution in [3.8, 4) is 0 Å². The van der Waals surface area contributed by atoms with Crippen LogP contribution in [0.1, 0.15) is 17.0 Å². The van der Waals surface area contributed by atoms with Crippen molar-refractivity contribution >= 4 is 21.9 Å². The van der Waals surface area contributed by atoms with Gasteiger partial charge >= 0.3 is 0 Å². The maximum absolute atomic E-state index is 5.80. The Morgan fingerprint density at radius 3 is 2.67 bits per heavy atom. The number of aryl methyl sites for hydroxylation is 1. The van der Waals surface area contributed by atoms with Crippen LogP contribution in [0.15, 0.2) is 65.1 Å². The summed E-state index contributed by atoms with van der Waals surface area (Å²) in [6.45, 7) is 2.12. The minimum absolute atomic E-state index is 0.721. The topological polar surface area (TPSA) is 26.0 Å². The van der Waals surface area contributed by atoms with Crippen LogP contribution in [0, 0.1) is 6.92 Å². The van der Waals surface area contributed by atoms with Crippen LogP contribution in [0.5, 0.6) is 0 Å². The Bertz CT molecular complexity index is 904. The Morgan fingerprint density at radius 1 is 0.905 bits per heavy atom. The summed E-state index contributed by atoms with van der Waals surface area (Å²) >= 11 is 0. The van der Waals surface area contributed by atoms with E-state index < -0.39 is 0 Å². The van der Waals surface area contributed by atoms with E-state index in [1.165, 1.54) is 21.9 Å². The van der Waals surface area contributed by atoms with Gasteiger partial charge in [0.05, 0.1) is 0 Å². The normalized spacial score (nSPS) is 11.3. The molecule has 0 bridgehead atoms. The van der Waals surface area contributed by atoms with Crippen molar-refractivity contribution in [3.05, 3.63) is 77.7 Å². The van der Waals surface area contributed by atoms with Crippen molar-refractivity contribution in [2.24, 2.45) is 0 Å². The van der Waals surface area contributed by atoms with Crippen molar-refractivity contribution in [3.63, 3.8) is 0 Å². The predicted molar refractivity (Wildman–Crippen MR) is 85.5 cm³/mol. The fourth-order valence-corrected chi connectivity index (χ4v) is 2.70. The van der Waals surface area contributed by atoms with E-state index in [4.69, 9.17) is 4.42 Å². The molecule has 102 valence electrons. The molecule has 4 rings (SSSR count). The molecule has 0 radical (unpaired) electrons. The molecule has 2 heteroatoms. The summed E-state index contributed by atoms with van der Waals surface area (Å²) in [5, 5.41) is 2.53. The highest BCUT2D eigenvalue weighted by atomic mass is 16.3. The van der Waals surface area contributed by atoms with Gasteiger partial charge in [-0.05, 0) is 35.4 Å². The van der Waals surface area contributed by atoms with Gasteiger partial charge in [0.25, 0.3) is 0 Å². The van der Waals surface area contributed by atoms with Gasteiger partial charge in [-0.25, -0.2) is 4.98 Å². The van der Waals surface area contributed by atoms with Crippen molar-refractivity contribution in [1.82, 2.24) is 4.98 Å². The molecule has 0 aliphatic rings. The average Bonchev–Trinajstić information content (AvgIpc) is 2.89. The van der Waals surface area contributed by atoms with E-state index in [1.807, 2.05) is 24.3 Å². The number of nitrogens with zero attached hydrogens (tertiary/aromatic N) is 1. The van der Waals surface area contributed by atoms with Gasteiger partial charge in [0.15, 0.2) is 11.5 Å². The molecular weight excluding hydrogens is 258 g/mol. The molecule has 0 amide bonds. The monoisotopic (exact) mass is 273 g/mol. The summed E-state index contributed by atoms with van der Waals surface area (Å²) in [6, 6.07) is 20.9. The second-order valence-electron chi connectivity index (χ2n) is 5.44. The number of rotatable bonds is 2. The molecule has 0 atom stereocenters. The molecule has 0 aliphatic heterocycles. The van der Waals surface area contributed by atoms with Crippen LogP contribution in [0.25, 0.3) is 21.9 Å². The lowest BCUT2D eigenvalue weighted by Gasteiger charge is -2.03. The van der Waals surface area contributed by atoms with E-state index in [1.54, 1.807) is 0 Å². The molecule has 1 heterocycles. The molecule has 1 aromatic heterocycles. The first-order valence-electron chi connectivity index (χ1n) is 7.12. The van der Waals surface area contributed by atoms with Crippen molar-refractivity contribution < 1.29 is 4.42 Å². The Balaban J connectivity index is 1.72. The fraction of sp³-hybridized carbons (Fsp3) is 0.105. The highest BCUT2D eigenvalue weighted by molar-refractivity contribution is 5.83. The number of hydrogen-bond donors (Lipinski definition) is 0. The number of fused-ring (bicyclic) bond motifs is 2. The van der Waals surface area contributed by atoms with Gasteiger partial charge in [-0.2, -0.15) is 0 Å². The lowest BCUT2D eigenvalue weighted by molar-refractivity contribution is 0.544. The first kappa shape index (κ1) is 12.2. The van der Waals surface area contributed by atoms with Gasteiger partial charge in [-0.15, -0.1) is 0 Å². The van der Waals surface area contributed by atoms with Gasteiger partial charge in [0, 0.05) is 6.42 Å². The first-order chi connectivity index (χ1) is 10.3. The SMILES string of the molecule is Cc1ccc2ccc(Cc3nc4ccccc4o3)cc2c1. The molecule has 0 saturated carbocycles. The van der Waals surface area contributed by atoms with E-state index in [2.05, 4.69) is 48.3 Å². The molecule has 0 N–H and O–H groups in total. The molecular formula is C19H15NO. The van der Waals surface area contributed by atoms with E-state index in [-0.39, 0.29) is 0 Å². The van der Waals surface area contributed by atoms with Gasteiger partial charge in [-0.1, -0.05) is 54.1 Å². The highest BCUT2D eigenvalue weighted by Crippen LogP contribution is 2.21. The quantitative estimate of drug-likeness (QED) is 0.520. The molecule has 0 saturated heterocycles. The minimum atomic E-state index is 0.721. The third-order valence-electron chi connectivity index (χ3n) is 3.75. The number of oxazole rings is 1. The highest BCUT2D eigenvalue weighted by Gasteiger charge is 2.06. The lowest BCUT2D eigenvalue weighted by Crippen LogP contribution is -1.88. The molecule has 21 heavy (non-hydrogen) atoms. The minimum Gasteiger partial charge on any atom is -0.440 e. The molecule has 0 spiro atoms. The first-order valence-corrected chi connectivity index (χ1v) is 7.12. The molecule has 0 unspecified atom stereocenters. The second kappa shape index (κ2) is 4.74. The van der Waals surface area contributed by atoms with Crippen LogP contribution in [0.4, 0.5) is 0 Å². The average molecular weight is 273 g/mol. The summed E-state index contributed by atoms with van der Waals surface area (Å²) in [5.41, 5.74) is 4.27. The van der Waals surface area contributed by atoms with Crippen LogP contribution >= 0.6 is 0 Å². The zero-order chi connectivity index (χ0) is 14.2. The maximum Gasteiger partial charge on any atom is 0.199 e. The van der Waals surface area contributed by atoms with Crippen molar-refractivity contribution in [2.45, 2.75) is 13.3 Å². The van der Waals surface area contributed by atoms with Crippen LogP contribution in [0.2, 0.25) is 0 Å². The summed E-state index contributed by atoms with van der Waals surface area (Å²) in [4.78, 5) is 4.54. The molecule has 0 aliphatic carbocycles. The van der Waals surface area contributed by atoms with Gasteiger partial charge < -0.3 is 4.42 Å². The third kappa shape index (κ3) is 2.29.